The third kappa shape index (κ3) is 5.88. The number of anilines is 1. The fourth-order valence-electron chi connectivity index (χ4n) is 5.32. The van der Waals surface area contributed by atoms with Crippen molar-refractivity contribution in [3.8, 4) is 0 Å². The van der Waals surface area contributed by atoms with Gasteiger partial charge in [0.15, 0.2) is 0 Å². The van der Waals surface area contributed by atoms with Crippen molar-refractivity contribution in [2.24, 2.45) is 5.92 Å². The maximum atomic E-state index is 12.0. The number of rotatable bonds is 7. The number of aromatic nitrogens is 1. The first-order valence-electron chi connectivity index (χ1n) is 11.7. The number of ether oxygens (including phenoxy) is 1. The van der Waals surface area contributed by atoms with Crippen LogP contribution in [0.15, 0.2) is 54.7 Å². The SMILES string of the molecule is C[C@@H]1[C@@H](CO[C@H]2CC[C@@H](c3ccccc3)CC2)C(NS(C)(=O)=O)CCN1c1ccccn1. The summed E-state index contributed by atoms with van der Waals surface area (Å²) >= 11 is 0. The first kappa shape index (κ1) is 23.2. The number of pyridine rings is 1. The van der Waals surface area contributed by atoms with Crippen molar-refractivity contribution in [2.45, 2.75) is 63.1 Å². The molecule has 2 aliphatic rings. The Hall–Kier alpha value is -1.96. The van der Waals surface area contributed by atoms with Crippen LogP contribution in [0.5, 0.6) is 0 Å². The highest BCUT2D eigenvalue weighted by Gasteiger charge is 2.38. The summed E-state index contributed by atoms with van der Waals surface area (Å²) in [7, 11) is -3.28. The zero-order valence-corrected chi connectivity index (χ0v) is 19.9. The lowest BCUT2D eigenvalue weighted by Crippen LogP contribution is -2.57. The molecule has 2 aromatic rings. The van der Waals surface area contributed by atoms with E-state index in [0.29, 0.717) is 12.5 Å². The van der Waals surface area contributed by atoms with Gasteiger partial charge in [-0.05, 0) is 62.6 Å². The predicted molar refractivity (Wildman–Crippen MR) is 128 cm³/mol. The van der Waals surface area contributed by atoms with E-state index in [-0.39, 0.29) is 24.1 Å². The Morgan fingerprint density at radius 1 is 1.03 bits per heavy atom. The molecular formula is C25H35N3O3S. The topological polar surface area (TPSA) is 71.5 Å². The van der Waals surface area contributed by atoms with Gasteiger partial charge >= 0.3 is 0 Å². The number of hydrogen-bond donors (Lipinski definition) is 1. The fraction of sp³-hybridized carbons (Fsp3) is 0.560. The molecule has 0 amide bonds. The largest absolute Gasteiger partial charge is 0.378 e. The van der Waals surface area contributed by atoms with Crippen molar-refractivity contribution >= 4 is 15.8 Å². The van der Waals surface area contributed by atoms with Crippen molar-refractivity contribution in [1.29, 1.82) is 0 Å². The van der Waals surface area contributed by atoms with Crippen LogP contribution in [0.1, 0.15) is 50.5 Å². The maximum Gasteiger partial charge on any atom is 0.208 e. The van der Waals surface area contributed by atoms with Gasteiger partial charge in [0, 0.05) is 30.7 Å². The van der Waals surface area contributed by atoms with Crippen molar-refractivity contribution < 1.29 is 13.2 Å². The van der Waals surface area contributed by atoms with Crippen LogP contribution in [0.4, 0.5) is 5.82 Å². The summed E-state index contributed by atoms with van der Waals surface area (Å²) in [5, 5.41) is 0. The second-order valence-electron chi connectivity index (χ2n) is 9.29. The van der Waals surface area contributed by atoms with Gasteiger partial charge in [0.05, 0.1) is 19.0 Å². The van der Waals surface area contributed by atoms with Gasteiger partial charge in [-0.2, -0.15) is 0 Å². The molecule has 1 unspecified atom stereocenters. The van der Waals surface area contributed by atoms with E-state index in [0.717, 1.165) is 44.5 Å². The average Bonchev–Trinajstić information content (AvgIpc) is 2.79. The van der Waals surface area contributed by atoms with Crippen LogP contribution in [-0.4, -0.2) is 51.0 Å². The van der Waals surface area contributed by atoms with Gasteiger partial charge in [-0.1, -0.05) is 36.4 Å². The predicted octanol–water partition coefficient (Wildman–Crippen LogP) is 3.96. The number of hydrogen-bond acceptors (Lipinski definition) is 5. The van der Waals surface area contributed by atoms with E-state index >= 15 is 0 Å². The lowest BCUT2D eigenvalue weighted by Gasteiger charge is -2.45. The van der Waals surface area contributed by atoms with Crippen LogP contribution in [0, 0.1) is 5.92 Å². The van der Waals surface area contributed by atoms with Crippen LogP contribution in [0.3, 0.4) is 0 Å². The minimum atomic E-state index is -3.28. The van der Waals surface area contributed by atoms with Gasteiger partial charge < -0.3 is 9.64 Å². The molecule has 1 N–H and O–H groups in total. The van der Waals surface area contributed by atoms with E-state index < -0.39 is 10.0 Å². The van der Waals surface area contributed by atoms with E-state index in [2.05, 4.69) is 51.9 Å². The summed E-state index contributed by atoms with van der Waals surface area (Å²) in [5.41, 5.74) is 1.43. The highest BCUT2D eigenvalue weighted by atomic mass is 32.2. The summed E-state index contributed by atoms with van der Waals surface area (Å²) in [6, 6.07) is 16.7. The first-order chi connectivity index (χ1) is 15.4. The molecule has 1 aromatic carbocycles. The summed E-state index contributed by atoms with van der Waals surface area (Å²) in [5.74, 6) is 1.61. The van der Waals surface area contributed by atoms with Crippen molar-refractivity contribution in [2.75, 3.05) is 24.3 Å². The first-order valence-corrected chi connectivity index (χ1v) is 13.6. The normalized spacial score (nSPS) is 29.1. The quantitative estimate of drug-likeness (QED) is 0.681. The van der Waals surface area contributed by atoms with E-state index in [1.807, 2.05) is 18.2 Å². The van der Waals surface area contributed by atoms with Crippen LogP contribution in [0.25, 0.3) is 0 Å². The zero-order valence-electron chi connectivity index (χ0n) is 19.1. The lowest BCUT2D eigenvalue weighted by atomic mass is 9.82. The Morgan fingerprint density at radius 3 is 2.41 bits per heavy atom. The summed E-state index contributed by atoms with van der Waals surface area (Å²) in [6.45, 7) is 3.48. The molecule has 1 saturated carbocycles. The minimum absolute atomic E-state index is 0.0623. The molecule has 1 aliphatic heterocycles. The molecule has 0 radical (unpaired) electrons. The second-order valence-corrected chi connectivity index (χ2v) is 11.1. The third-order valence-electron chi connectivity index (χ3n) is 7.09. The van der Waals surface area contributed by atoms with E-state index in [1.54, 1.807) is 6.20 Å². The van der Waals surface area contributed by atoms with Crippen molar-refractivity contribution in [3.05, 3.63) is 60.3 Å². The van der Waals surface area contributed by atoms with Gasteiger partial charge in [0.1, 0.15) is 5.82 Å². The molecule has 0 bridgehead atoms. The smallest absolute Gasteiger partial charge is 0.208 e. The third-order valence-corrected chi connectivity index (χ3v) is 7.82. The molecule has 32 heavy (non-hydrogen) atoms. The Morgan fingerprint density at radius 2 is 1.75 bits per heavy atom. The number of nitrogens with zero attached hydrogens (tertiary/aromatic N) is 2. The van der Waals surface area contributed by atoms with Gasteiger partial charge in [0.25, 0.3) is 0 Å². The number of piperidine rings is 1. The van der Waals surface area contributed by atoms with E-state index in [9.17, 15) is 8.42 Å². The Balaban J connectivity index is 1.39. The van der Waals surface area contributed by atoms with Crippen molar-refractivity contribution in [1.82, 2.24) is 9.71 Å². The molecule has 7 heteroatoms. The molecule has 2 heterocycles. The zero-order chi connectivity index (χ0) is 22.6. The highest BCUT2D eigenvalue weighted by molar-refractivity contribution is 7.88. The summed E-state index contributed by atoms with van der Waals surface area (Å²) < 4.78 is 33.3. The summed E-state index contributed by atoms with van der Waals surface area (Å²) in [4.78, 5) is 6.80. The maximum absolute atomic E-state index is 12.0. The molecule has 1 aliphatic carbocycles. The molecular weight excluding hydrogens is 422 g/mol. The van der Waals surface area contributed by atoms with Gasteiger partial charge in [0.2, 0.25) is 10.0 Å². The monoisotopic (exact) mass is 457 g/mol. The number of sulfonamides is 1. The molecule has 0 spiro atoms. The van der Waals surface area contributed by atoms with Gasteiger partial charge in [-0.15, -0.1) is 0 Å². The molecule has 3 atom stereocenters. The Bertz CT molecular complexity index is 947. The Kier molecular flexibility index (Phi) is 7.48. The van der Waals surface area contributed by atoms with Gasteiger partial charge in [-0.25, -0.2) is 18.1 Å². The summed E-state index contributed by atoms with van der Waals surface area (Å²) in [6.07, 6.45) is 8.41. The second kappa shape index (κ2) is 10.3. The van der Waals surface area contributed by atoms with Crippen LogP contribution < -0.4 is 9.62 Å². The molecule has 174 valence electrons. The molecule has 6 nitrogen and oxygen atoms in total. The van der Waals surface area contributed by atoms with Crippen LogP contribution in [-0.2, 0) is 14.8 Å². The van der Waals surface area contributed by atoms with E-state index in [1.165, 1.54) is 11.8 Å². The van der Waals surface area contributed by atoms with Crippen LogP contribution >= 0.6 is 0 Å². The van der Waals surface area contributed by atoms with Crippen LogP contribution in [0.2, 0.25) is 0 Å². The van der Waals surface area contributed by atoms with E-state index in [4.69, 9.17) is 4.74 Å². The number of nitrogens with one attached hydrogen (secondary N) is 1. The standard InChI is InChI=1S/C25H35N3O3S/c1-19-23(18-31-22-13-11-21(12-14-22)20-8-4-3-5-9-20)24(27-32(2,29)30)15-17-28(19)25-10-6-7-16-26-25/h3-10,16,19,21-24,27H,11-15,17-18H2,1-2H3/t19-,21-,22+,23-,24?/m1/s1. The molecule has 4 rings (SSSR count). The lowest BCUT2D eigenvalue weighted by molar-refractivity contribution is -0.00891. The average molecular weight is 458 g/mol. The van der Waals surface area contributed by atoms with Gasteiger partial charge in [-0.3, -0.25) is 0 Å². The highest BCUT2D eigenvalue weighted by Crippen LogP contribution is 2.35. The number of benzene rings is 1. The van der Waals surface area contributed by atoms with Crippen molar-refractivity contribution in [3.63, 3.8) is 0 Å². The Labute approximate surface area is 192 Å². The molecule has 1 aromatic heterocycles. The molecule has 2 fully saturated rings. The minimum Gasteiger partial charge on any atom is -0.378 e. The fourth-order valence-corrected chi connectivity index (χ4v) is 6.16. The molecule has 1 saturated heterocycles.